The first-order chi connectivity index (χ1) is 9.63. The molecule has 0 aliphatic carbocycles. The van der Waals surface area contributed by atoms with E-state index >= 15 is 0 Å². The highest BCUT2D eigenvalue weighted by molar-refractivity contribution is 7.90. The number of carbonyl (C=O) groups excluding carboxylic acids is 1. The molecule has 1 aromatic rings. The highest BCUT2D eigenvalue weighted by atomic mass is 32.2. The smallest absolute Gasteiger partial charge is 0.227 e. The van der Waals surface area contributed by atoms with Crippen LogP contribution in [0, 0.1) is 5.92 Å². The fourth-order valence-electron chi connectivity index (χ4n) is 2.21. The molecule has 6 heteroatoms. The molecule has 1 amide bonds. The molecule has 5 nitrogen and oxygen atoms in total. The highest BCUT2D eigenvalue weighted by Crippen LogP contribution is 2.21. The topological polar surface area (TPSA) is 80.5 Å². The molecule has 0 unspecified atom stereocenters. The Hall–Kier alpha value is -1.40. The number of nitrogens with two attached hydrogens (primary N) is 1. The van der Waals surface area contributed by atoms with Crippen LogP contribution in [-0.4, -0.2) is 44.3 Å². The zero-order chi connectivity index (χ0) is 16.2. The average Bonchev–Trinajstić information content (AvgIpc) is 2.43. The Morgan fingerprint density at radius 1 is 1.24 bits per heavy atom. The van der Waals surface area contributed by atoms with Crippen molar-refractivity contribution < 1.29 is 13.2 Å². The third kappa shape index (κ3) is 5.13. The summed E-state index contributed by atoms with van der Waals surface area (Å²) in [5, 5.41) is 0. The molecule has 0 aliphatic heterocycles. The summed E-state index contributed by atoms with van der Waals surface area (Å²) in [5.41, 5.74) is 7.03. The van der Waals surface area contributed by atoms with Crippen LogP contribution in [0.2, 0.25) is 0 Å². The molecule has 0 saturated carbocycles. The molecule has 0 aromatic heterocycles. The normalized spacial score (nSPS) is 16.0. The molecule has 0 spiro atoms. The SMILES string of the molecule is C[C@H](C(=O)N(C)[C@H](C)CS(C)(=O)=O)[C@H](N)c1ccccc1. The first-order valence-corrected chi connectivity index (χ1v) is 8.94. The van der Waals surface area contributed by atoms with Crippen LogP contribution in [0.15, 0.2) is 30.3 Å². The predicted molar refractivity (Wildman–Crippen MR) is 84.5 cm³/mol. The standard InChI is InChI=1S/C15H24N2O3S/c1-11(10-21(4,19)20)17(3)15(18)12(2)14(16)13-8-6-5-7-9-13/h5-9,11-12,14H,10,16H2,1-4H3/t11-,12+,14+/m1/s1. The van der Waals surface area contributed by atoms with Gasteiger partial charge < -0.3 is 10.6 Å². The Kier molecular flexibility index (Phi) is 5.92. The summed E-state index contributed by atoms with van der Waals surface area (Å²) in [5.74, 6) is -0.621. The summed E-state index contributed by atoms with van der Waals surface area (Å²) in [6.07, 6.45) is 1.17. The third-order valence-electron chi connectivity index (χ3n) is 3.67. The Morgan fingerprint density at radius 2 is 1.76 bits per heavy atom. The van der Waals surface area contributed by atoms with Crippen molar-refractivity contribution >= 4 is 15.7 Å². The minimum absolute atomic E-state index is 0.0530. The van der Waals surface area contributed by atoms with E-state index in [9.17, 15) is 13.2 Å². The molecular weight excluding hydrogens is 288 g/mol. The molecule has 0 radical (unpaired) electrons. The van der Waals surface area contributed by atoms with E-state index in [2.05, 4.69) is 0 Å². The van der Waals surface area contributed by atoms with Gasteiger partial charge in [-0.2, -0.15) is 0 Å². The Balaban J connectivity index is 2.78. The van der Waals surface area contributed by atoms with Crippen LogP contribution in [-0.2, 0) is 14.6 Å². The average molecular weight is 312 g/mol. The molecule has 0 saturated heterocycles. The summed E-state index contributed by atoms with van der Waals surface area (Å²) >= 11 is 0. The fourth-order valence-corrected chi connectivity index (χ4v) is 3.31. The monoisotopic (exact) mass is 312 g/mol. The quantitative estimate of drug-likeness (QED) is 0.856. The first kappa shape index (κ1) is 17.7. The minimum Gasteiger partial charge on any atom is -0.342 e. The summed E-state index contributed by atoms with van der Waals surface area (Å²) < 4.78 is 22.7. The summed E-state index contributed by atoms with van der Waals surface area (Å²) in [4.78, 5) is 13.9. The van der Waals surface area contributed by atoms with Gasteiger partial charge in [0.2, 0.25) is 5.91 Å². The lowest BCUT2D eigenvalue weighted by molar-refractivity contribution is -0.135. The summed E-state index contributed by atoms with van der Waals surface area (Å²) in [7, 11) is -1.51. The maximum Gasteiger partial charge on any atom is 0.227 e. The van der Waals surface area contributed by atoms with Crippen LogP contribution in [0.4, 0.5) is 0 Å². The Bertz CT molecular complexity index is 572. The maximum absolute atomic E-state index is 12.4. The largest absolute Gasteiger partial charge is 0.342 e. The van der Waals surface area contributed by atoms with E-state index in [-0.39, 0.29) is 17.7 Å². The molecule has 1 aromatic carbocycles. The van der Waals surface area contributed by atoms with Crippen LogP contribution < -0.4 is 5.73 Å². The number of hydrogen-bond donors (Lipinski definition) is 1. The van der Waals surface area contributed by atoms with E-state index in [1.54, 1.807) is 20.9 Å². The van der Waals surface area contributed by atoms with Crippen LogP contribution in [0.3, 0.4) is 0 Å². The molecule has 0 heterocycles. The van der Waals surface area contributed by atoms with Gasteiger partial charge in [-0.15, -0.1) is 0 Å². The second-order valence-electron chi connectivity index (χ2n) is 5.62. The number of amides is 1. The van der Waals surface area contributed by atoms with E-state index in [1.807, 2.05) is 30.3 Å². The van der Waals surface area contributed by atoms with Crippen molar-refractivity contribution in [3.8, 4) is 0 Å². The lowest BCUT2D eigenvalue weighted by Crippen LogP contribution is -2.44. The van der Waals surface area contributed by atoms with E-state index in [1.165, 1.54) is 11.2 Å². The van der Waals surface area contributed by atoms with Crippen molar-refractivity contribution in [1.82, 2.24) is 4.90 Å². The van der Waals surface area contributed by atoms with E-state index < -0.39 is 21.8 Å². The zero-order valence-electron chi connectivity index (χ0n) is 13.0. The molecular formula is C15H24N2O3S. The molecule has 0 bridgehead atoms. The van der Waals surface area contributed by atoms with Crippen molar-refractivity contribution in [2.75, 3.05) is 19.1 Å². The van der Waals surface area contributed by atoms with Crippen molar-refractivity contribution in [3.05, 3.63) is 35.9 Å². The number of benzene rings is 1. The van der Waals surface area contributed by atoms with Crippen LogP contribution in [0.5, 0.6) is 0 Å². The fraction of sp³-hybridized carbons (Fsp3) is 0.533. The summed E-state index contributed by atoms with van der Waals surface area (Å²) in [6.45, 7) is 3.49. The second-order valence-corrected chi connectivity index (χ2v) is 7.80. The van der Waals surface area contributed by atoms with Crippen LogP contribution in [0.1, 0.15) is 25.5 Å². The number of rotatable bonds is 6. The van der Waals surface area contributed by atoms with Crippen LogP contribution >= 0.6 is 0 Å². The lowest BCUT2D eigenvalue weighted by Gasteiger charge is -2.29. The van der Waals surface area contributed by atoms with Gasteiger partial charge in [-0.05, 0) is 12.5 Å². The molecule has 1 rings (SSSR count). The van der Waals surface area contributed by atoms with Crippen molar-refractivity contribution in [2.45, 2.75) is 25.9 Å². The third-order valence-corrected chi connectivity index (χ3v) is 4.75. The van der Waals surface area contributed by atoms with Crippen molar-refractivity contribution in [1.29, 1.82) is 0 Å². The molecule has 3 atom stereocenters. The molecule has 0 aliphatic rings. The minimum atomic E-state index is -3.13. The van der Waals surface area contributed by atoms with Gasteiger partial charge in [-0.3, -0.25) is 4.79 Å². The Morgan fingerprint density at radius 3 is 2.24 bits per heavy atom. The lowest BCUT2D eigenvalue weighted by atomic mass is 9.94. The van der Waals surface area contributed by atoms with E-state index in [0.29, 0.717) is 0 Å². The van der Waals surface area contributed by atoms with Gasteiger partial charge in [0.15, 0.2) is 0 Å². The first-order valence-electron chi connectivity index (χ1n) is 6.88. The van der Waals surface area contributed by atoms with Gasteiger partial charge in [-0.1, -0.05) is 37.3 Å². The molecule has 21 heavy (non-hydrogen) atoms. The van der Waals surface area contributed by atoms with Gasteiger partial charge >= 0.3 is 0 Å². The maximum atomic E-state index is 12.4. The number of sulfone groups is 1. The van der Waals surface area contributed by atoms with Crippen molar-refractivity contribution in [2.24, 2.45) is 11.7 Å². The summed E-state index contributed by atoms with van der Waals surface area (Å²) in [6, 6.07) is 8.63. The molecule has 2 N–H and O–H groups in total. The van der Waals surface area contributed by atoms with E-state index in [0.717, 1.165) is 5.56 Å². The zero-order valence-corrected chi connectivity index (χ0v) is 13.8. The number of carbonyl (C=O) groups is 1. The van der Waals surface area contributed by atoms with Crippen LogP contribution in [0.25, 0.3) is 0 Å². The van der Waals surface area contributed by atoms with Gasteiger partial charge in [0.25, 0.3) is 0 Å². The van der Waals surface area contributed by atoms with Gasteiger partial charge in [-0.25, -0.2) is 8.42 Å². The second kappa shape index (κ2) is 7.04. The Labute approximate surface area is 127 Å². The highest BCUT2D eigenvalue weighted by Gasteiger charge is 2.28. The van der Waals surface area contributed by atoms with Gasteiger partial charge in [0.05, 0.1) is 11.7 Å². The number of hydrogen-bond acceptors (Lipinski definition) is 4. The van der Waals surface area contributed by atoms with Gasteiger partial charge in [0, 0.05) is 25.4 Å². The molecule has 0 fully saturated rings. The predicted octanol–water partition coefficient (Wildman–Crippen LogP) is 1.21. The van der Waals surface area contributed by atoms with Gasteiger partial charge in [0.1, 0.15) is 9.84 Å². The van der Waals surface area contributed by atoms with Crippen molar-refractivity contribution in [3.63, 3.8) is 0 Å². The number of nitrogens with zero attached hydrogens (tertiary/aromatic N) is 1. The molecule has 118 valence electrons. The van der Waals surface area contributed by atoms with E-state index in [4.69, 9.17) is 5.73 Å².